The van der Waals surface area contributed by atoms with Crippen molar-refractivity contribution >= 4 is 23.4 Å². The quantitative estimate of drug-likeness (QED) is 0.429. The van der Waals surface area contributed by atoms with E-state index < -0.39 is 0 Å². The first-order valence-electron chi connectivity index (χ1n) is 10.3. The fourth-order valence-corrected chi connectivity index (χ4v) is 4.05. The minimum Gasteiger partial charge on any atom is -0.351 e. The van der Waals surface area contributed by atoms with Gasteiger partial charge >= 0.3 is 0 Å². The monoisotopic (exact) mass is 449 g/mol. The van der Waals surface area contributed by atoms with E-state index in [4.69, 9.17) is 0 Å². The Kier molecular flexibility index (Phi) is 6.50. The SMILES string of the molecule is Cc1ccc(Cc2c(C)nc3nc(SCC(=O)NCc4ccc(F)cc4)nn3c2C)cc1. The van der Waals surface area contributed by atoms with E-state index in [0.29, 0.717) is 17.5 Å². The highest BCUT2D eigenvalue weighted by molar-refractivity contribution is 7.99. The van der Waals surface area contributed by atoms with Crippen molar-refractivity contribution in [3.05, 3.63) is 88.0 Å². The van der Waals surface area contributed by atoms with Crippen LogP contribution in [0.4, 0.5) is 4.39 Å². The molecule has 2 heterocycles. The van der Waals surface area contributed by atoms with Crippen molar-refractivity contribution in [2.75, 3.05) is 5.75 Å². The summed E-state index contributed by atoms with van der Waals surface area (Å²) in [5.74, 6) is 0.280. The molecule has 0 unspecified atom stereocenters. The third kappa shape index (κ3) is 5.13. The molecule has 8 heteroatoms. The summed E-state index contributed by atoms with van der Waals surface area (Å²) in [4.78, 5) is 21.3. The van der Waals surface area contributed by atoms with E-state index in [0.717, 1.165) is 28.9 Å². The minimum atomic E-state index is -0.297. The molecule has 2 aromatic carbocycles. The van der Waals surface area contributed by atoms with Gasteiger partial charge in [0.05, 0.1) is 5.75 Å². The third-order valence-electron chi connectivity index (χ3n) is 5.27. The zero-order valence-corrected chi connectivity index (χ0v) is 19.0. The first-order chi connectivity index (χ1) is 15.4. The van der Waals surface area contributed by atoms with Gasteiger partial charge in [-0.3, -0.25) is 4.79 Å². The number of amides is 1. The van der Waals surface area contributed by atoms with Crippen LogP contribution < -0.4 is 5.32 Å². The Morgan fingerprint density at radius 3 is 2.41 bits per heavy atom. The first kappa shape index (κ1) is 22.0. The van der Waals surface area contributed by atoms with Crippen molar-refractivity contribution in [1.29, 1.82) is 0 Å². The Morgan fingerprint density at radius 1 is 1.00 bits per heavy atom. The molecule has 4 aromatic rings. The molecule has 32 heavy (non-hydrogen) atoms. The highest BCUT2D eigenvalue weighted by Gasteiger charge is 2.15. The van der Waals surface area contributed by atoms with Crippen LogP contribution in [0.5, 0.6) is 0 Å². The van der Waals surface area contributed by atoms with Crippen LogP contribution in [0.2, 0.25) is 0 Å². The second-order valence-electron chi connectivity index (χ2n) is 7.72. The lowest BCUT2D eigenvalue weighted by Crippen LogP contribution is -2.24. The Labute approximate surface area is 190 Å². The molecule has 0 spiro atoms. The van der Waals surface area contributed by atoms with Gasteiger partial charge in [0.15, 0.2) is 0 Å². The van der Waals surface area contributed by atoms with Crippen LogP contribution in [0.1, 0.15) is 33.6 Å². The van der Waals surface area contributed by atoms with Crippen LogP contribution in [0.25, 0.3) is 5.78 Å². The molecule has 0 saturated carbocycles. The molecule has 0 atom stereocenters. The van der Waals surface area contributed by atoms with Crippen molar-refractivity contribution in [3.63, 3.8) is 0 Å². The maximum Gasteiger partial charge on any atom is 0.253 e. The molecule has 0 radical (unpaired) electrons. The van der Waals surface area contributed by atoms with Crippen molar-refractivity contribution in [2.24, 2.45) is 0 Å². The fourth-order valence-electron chi connectivity index (χ4n) is 3.40. The van der Waals surface area contributed by atoms with Gasteiger partial charge in [0.2, 0.25) is 11.1 Å². The predicted octanol–water partition coefficient (Wildman–Crippen LogP) is 4.19. The molecule has 1 N–H and O–H groups in total. The number of fused-ring (bicyclic) bond motifs is 1. The molecular weight excluding hydrogens is 425 g/mol. The average Bonchev–Trinajstić information content (AvgIpc) is 3.19. The Bertz CT molecular complexity index is 1250. The lowest BCUT2D eigenvalue weighted by molar-refractivity contribution is -0.118. The summed E-state index contributed by atoms with van der Waals surface area (Å²) < 4.78 is 14.7. The second kappa shape index (κ2) is 9.48. The molecule has 164 valence electrons. The lowest BCUT2D eigenvalue weighted by atomic mass is 10.0. The lowest BCUT2D eigenvalue weighted by Gasteiger charge is -2.10. The number of nitrogens with one attached hydrogen (secondary N) is 1. The van der Waals surface area contributed by atoms with Gasteiger partial charge in [-0.05, 0) is 49.6 Å². The van der Waals surface area contributed by atoms with Crippen LogP contribution in [0.15, 0.2) is 53.7 Å². The number of carbonyl (C=O) groups is 1. The summed E-state index contributed by atoms with van der Waals surface area (Å²) in [6.07, 6.45) is 0.773. The third-order valence-corrected chi connectivity index (χ3v) is 6.10. The van der Waals surface area contributed by atoms with Crippen molar-refractivity contribution in [3.8, 4) is 0 Å². The summed E-state index contributed by atoms with van der Waals surface area (Å²) >= 11 is 1.26. The zero-order valence-electron chi connectivity index (χ0n) is 18.2. The Hall–Kier alpha value is -3.26. The van der Waals surface area contributed by atoms with E-state index in [9.17, 15) is 9.18 Å². The van der Waals surface area contributed by atoms with Crippen LogP contribution >= 0.6 is 11.8 Å². The molecule has 0 aliphatic carbocycles. The van der Waals surface area contributed by atoms with E-state index >= 15 is 0 Å². The Morgan fingerprint density at radius 2 is 1.69 bits per heavy atom. The van der Waals surface area contributed by atoms with Gasteiger partial charge in [0.1, 0.15) is 5.82 Å². The van der Waals surface area contributed by atoms with Gasteiger partial charge in [-0.2, -0.15) is 4.98 Å². The summed E-state index contributed by atoms with van der Waals surface area (Å²) in [6.45, 7) is 6.43. The van der Waals surface area contributed by atoms with Crippen molar-refractivity contribution in [2.45, 2.75) is 38.9 Å². The number of thioether (sulfide) groups is 1. The number of hydrogen-bond acceptors (Lipinski definition) is 5. The largest absolute Gasteiger partial charge is 0.351 e. The van der Waals surface area contributed by atoms with E-state index in [-0.39, 0.29) is 17.5 Å². The summed E-state index contributed by atoms with van der Waals surface area (Å²) in [5.41, 5.74) is 6.34. The molecule has 2 aromatic heterocycles. The van der Waals surface area contributed by atoms with Crippen LogP contribution in [-0.4, -0.2) is 31.2 Å². The number of halogens is 1. The number of hydrogen-bond donors (Lipinski definition) is 1. The molecular formula is C24H24FN5OS. The maximum atomic E-state index is 13.0. The van der Waals surface area contributed by atoms with Gasteiger partial charge in [-0.1, -0.05) is 53.7 Å². The van der Waals surface area contributed by atoms with E-state index in [1.165, 1.54) is 35.0 Å². The molecule has 6 nitrogen and oxygen atoms in total. The van der Waals surface area contributed by atoms with Gasteiger partial charge in [0, 0.05) is 24.4 Å². The van der Waals surface area contributed by atoms with E-state index in [2.05, 4.69) is 51.6 Å². The molecule has 0 bridgehead atoms. The Balaban J connectivity index is 1.42. The summed E-state index contributed by atoms with van der Waals surface area (Å²) in [7, 11) is 0. The van der Waals surface area contributed by atoms with Crippen LogP contribution in [-0.2, 0) is 17.8 Å². The normalized spacial score (nSPS) is 11.1. The molecule has 0 aliphatic rings. The first-order valence-corrected chi connectivity index (χ1v) is 11.3. The molecule has 4 rings (SSSR count). The van der Waals surface area contributed by atoms with Gasteiger partial charge in [-0.25, -0.2) is 13.9 Å². The fraction of sp³-hybridized carbons (Fsp3) is 0.250. The minimum absolute atomic E-state index is 0.140. The zero-order chi connectivity index (χ0) is 22.7. The topological polar surface area (TPSA) is 72.2 Å². The number of benzene rings is 2. The molecule has 0 aliphatic heterocycles. The number of nitrogens with zero attached hydrogens (tertiary/aromatic N) is 4. The maximum absolute atomic E-state index is 13.0. The van der Waals surface area contributed by atoms with Gasteiger partial charge in [-0.15, -0.1) is 5.10 Å². The number of rotatable bonds is 7. The van der Waals surface area contributed by atoms with Crippen LogP contribution in [0, 0.1) is 26.6 Å². The van der Waals surface area contributed by atoms with Crippen molar-refractivity contribution < 1.29 is 9.18 Å². The summed E-state index contributed by atoms with van der Waals surface area (Å²) in [6, 6.07) is 14.5. The number of carbonyl (C=O) groups excluding carboxylic acids is 1. The smallest absolute Gasteiger partial charge is 0.253 e. The second-order valence-corrected chi connectivity index (χ2v) is 8.66. The van der Waals surface area contributed by atoms with E-state index in [1.807, 2.05) is 13.8 Å². The van der Waals surface area contributed by atoms with Gasteiger partial charge < -0.3 is 5.32 Å². The van der Waals surface area contributed by atoms with Crippen LogP contribution in [0.3, 0.4) is 0 Å². The highest BCUT2D eigenvalue weighted by atomic mass is 32.2. The van der Waals surface area contributed by atoms with Crippen molar-refractivity contribution in [1.82, 2.24) is 24.9 Å². The van der Waals surface area contributed by atoms with Gasteiger partial charge in [0.25, 0.3) is 5.78 Å². The predicted molar refractivity (Wildman–Crippen MR) is 123 cm³/mol. The molecule has 1 amide bonds. The van der Waals surface area contributed by atoms with E-state index in [1.54, 1.807) is 16.6 Å². The average molecular weight is 450 g/mol. The molecule has 0 fully saturated rings. The molecule has 0 saturated heterocycles. The number of aromatic nitrogens is 4. The number of aryl methyl sites for hydroxylation is 3. The summed E-state index contributed by atoms with van der Waals surface area (Å²) in [5, 5.41) is 7.88. The highest BCUT2D eigenvalue weighted by Crippen LogP contribution is 2.21. The standard InChI is InChI=1S/C24H24FN5OS/c1-15-4-6-18(7-5-15)12-21-16(2)27-23-28-24(29-30(23)17(21)3)32-14-22(31)26-13-19-8-10-20(25)11-9-19/h4-11H,12-14H2,1-3H3,(H,26,31).